The lowest BCUT2D eigenvalue weighted by atomic mass is 9.89. The quantitative estimate of drug-likeness (QED) is 0.699. The second-order valence-corrected chi connectivity index (χ2v) is 5.09. The molecule has 1 aliphatic carbocycles. The van der Waals surface area contributed by atoms with Gasteiger partial charge in [-0.05, 0) is 18.1 Å². The monoisotopic (exact) mass is 203 g/mol. The summed E-state index contributed by atoms with van der Waals surface area (Å²) in [6.07, 6.45) is 0.857. The van der Waals surface area contributed by atoms with Crippen LogP contribution in [-0.4, -0.2) is 19.9 Å². The van der Waals surface area contributed by atoms with Crippen LogP contribution in [0.25, 0.3) is 0 Å². The number of fused-ring (bicyclic) bond motifs is 1. The van der Waals surface area contributed by atoms with Gasteiger partial charge in [0.1, 0.15) is 0 Å². The second-order valence-electron chi connectivity index (χ2n) is 5.09. The minimum absolute atomic E-state index is 0.228. The number of hydrogen-bond donors (Lipinski definition) is 0. The standard InChI is InChI=1S/C13H17NO/c1-13(2)8-10-9(12(13)15)6-5-7-11(10)14(3)4/h5-7H,8H2,1-4H3. The third-order valence-electron chi connectivity index (χ3n) is 3.11. The molecule has 80 valence electrons. The second kappa shape index (κ2) is 3.09. The van der Waals surface area contributed by atoms with Gasteiger partial charge in [-0.25, -0.2) is 0 Å². The van der Waals surface area contributed by atoms with E-state index in [2.05, 4.69) is 11.0 Å². The molecular formula is C13H17NO. The van der Waals surface area contributed by atoms with E-state index in [9.17, 15) is 4.79 Å². The van der Waals surface area contributed by atoms with Crippen molar-refractivity contribution in [1.29, 1.82) is 0 Å². The van der Waals surface area contributed by atoms with Crippen molar-refractivity contribution in [3.8, 4) is 0 Å². The van der Waals surface area contributed by atoms with Crippen molar-refractivity contribution < 1.29 is 4.79 Å². The summed E-state index contributed by atoms with van der Waals surface area (Å²) < 4.78 is 0. The van der Waals surface area contributed by atoms with E-state index < -0.39 is 0 Å². The Morgan fingerprint density at radius 1 is 1.27 bits per heavy atom. The topological polar surface area (TPSA) is 20.3 Å². The van der Waals surface area contributed by atoms with Gasteiger partial charge in [0.15, 0.2) is 5.78 Å². The highest BCUT2D eigenvalue weighted by molar-refractivity contribution is 6.05. The average molecular weight is 203 g/mol. The third kappa shape index (κ3) is 1.44. The number of anilines is 1. The third-order valence-corrected chi connectivity index (χ3v) is 3.11. The predicted octanol–water partition coefficient (Wildman–Crippen LogP) is 2.52. The van der Waals surface area contributed by atoms with Crippen molar-refractivity contribution in [3.63, 3.8) is 0 Å². The summed E-state index contributed by atoms with van der Waals surface area (Å²) in [6.45, 7) is 4.05. The minimum atomic E-state index is -0.228. The average Bonchev–Trinajstić information content (AvgIpc) is 2.37. The van der Waals surface area contributed by atoms with Gasteiger partial charge in [0.2, 0.25) is 0 Å². The summed E-state index contributed by atoms with van der Waals surface area (Å²) >= 11 is 0. The SMILES string of the molecule is CN(C)c1cccc2c1CC(C)(C)C2=O. The molecule has 0 amide bonds. The smallest absolute Gasteiger partial charge is 0.169 e. The van der Waals surface area contributed by atoms with Crippen molar-refractivity contribution in [2.24, 2.45) is 5.41 Å². The maximum Gasteiger partial charge on any atom is 0.169 e. The lowest BCUT2D eigenvalue weighted by molar-refractivity contribution is 0.0863. The van der Waals surface area contributed by atoms with Crippen LogP contribution in [0.2, 0.25) is 0 Å². The van der Waals surface area contributed by atoms with Crippen molar-refractivity contribution in [2.75, 3.05) is 19.0 Å². The molecule has 0 atom stereocenters. The molecule has 0 saturated carbocycles. The molecule has 0 heterocycles. The number of carbonyl (C=O) groups is 1. The molecular weight excluding hydrogens is 186 g/mol. The zero-order valence-electron chi connectivity index (χ0n) is 9.79. The Labute approximate surface area is 90.9 Å². The Hall–Kier alpha value is -1.31. The van der Waals surface area contributed by atoms with Crippen LogP contribution in [0.3, 0.4) is 0 Å². The molecule has 0 aromatic heterocycles. The molecule has 0 N–H and O–H groups in total. The van der Waals surface area contributed by atoms with Crippen LogP contribution in [0.15, 0.2) is 18.2 Å². The van der Waals surface area contributed by atoms with Crippen molar-refractivity contribution in [1.82, 2.24) is 0 Å². The lowest BCUT2D eigenvalue weighted by Gasteiger charge is -2.17. The van der Waals surface area contributed by atoms with E-state index in [1.165, 1.54) is 11.3 Å². The van der Waals surface area contributed by atoms with E-state index in [0.717, 1.165) is 12.0 Å². The summed E-state index contributed by atoms with van der Waals surface area (Å²) in [6, 6.07) is 5.99. The van der Waals surface area contributed by atoms with Crippen LogP contribution in [0.1, 0.15) is 29.8 Å². The first-order valence-electron chi connectivity index (χ1n) is 5.27. The lowest BCUT2D eigenvalue weighted by Crippen LogP contribution is -2.18. The highest BCUT2D eigenvalue weighted by atomic mass is 16.1. The maximum atomic E-state index is 12.1. The van der Waals surface area contributed by atoms with Gasteiger partial charge in [-0.2, -0.15) is 0 Å². The van der Waals surface area contributed by atoms with Gasteiger partial charge < -0.3 is 4.90 Å². The Morgan fingerprint density at radius 3 is 2.53 bits per heavy atom. The minimum Gasteiger partial charge on any atom is -0.377 e. The molecule has 1 aromatic rings. The van der Waals surface area contributed by atoms with Gasteiger partial charge in [-0.3, -0.25) is 4.79 Å². The number of benzene rings is 1. The van der Waals surface area contributed by atoms with Crippen LogP contribution in [0.5, 0.6) is 0 Å². The highest BCUT2D eigenvalue weighted by Gasteiger charge is 2.38. The Morgan fingerprint density at radius 2 is 1.93 bits per heavy atom. The zero-order valence-corrected chi connectivity index (χ0v) is 9.79. The number of hydrogen-bond acceptors (Lipinski definition) is 2. The van der Waals surface area contributed by atoms with Crippen LogP contribution in [0.4, 0.5) is 5.69 Å². The van der Waals surface area contributed by atoms with E-state index in [1.54, 1.807) is 0 Å². The maximum absolute atomic E-state index is 12.1. The first-order valence-corrected chi connectivity index (χ1v) is 5.27. The van der Waals surface area contributed by atoms with Crippen molar-refractivity contribution in [3.05, 3.63) is 29.3 Å². The molecule has 0 radical (unpaired) electrons. The fourth-order valence-corrected chi connectivity index (χ4v) is 2.28. The van der Waals surface area contributed by atoms with E-state index in [0.29, 0.717) is 0 Å². The van der Waals surface area contributed by atoms with Gasteiger partial charge in [0, 0.05) is 30.8 Å². The predicted molar refractivity (Wildman–Crippen MR) is 62.6 cm³/mol. The molecule has 0 saturated heterocycles. The van der Waals surface area contributed by atoms with Crippen LogP contribution >= 0.6 is 0 Å². The molecule has 1 aliphatic rings. The van der Waals surface area contributed by atoms with E-state index in [4.69, 9.17) is 0 Å². The van der Waals surface area contributed by atoms with E-state index in [-0.39, 0.29) is 11.2 Å². The summed E-state index contributed by atoms with van der Waals surface area (Å²) in [5, 5.41) is 0. The van der Waals surface area contributed by atoms with Gasteiger partial charge >= 0.3 is 0 Å². The van der Waals surface area contributed by atoms with Crippen LogP contribution < -0.4 is 4.90 Å². The van der Waals surface area contributed by atoms with Crippen molar-refractivity contribution >= 4 is 11.5 Å². The molecule has 0 fully saturated rings. The first-order chi connectivity index (χ1) is 6.93. The molecule has 0 unspecified atom stereocenters. The molecule has 2 nitrogen and oxygen atoms in total. The Balaban J connectivity index is 2.59. The first kappa shape index (κ1) is 10.2. The van der Waals surface area contributed by atoms with Gasteiger partial charge in [0.25, 0.3) is 0 Å². The molecule has 0 bridgehead atoms. The highest BCUT2D eigenvalue weighted by Crippen LogP contribution is 2.40. The van der Waals surface area contributed by atoms with Crippen molar-refractivity contribution in [2.45, 2.75) is 20.3 Å². The number of nitrogens with zero attached hydrogens (tertiary/aromatic N) is 1. The summed E-state index contributed by atoms with van der Waals surface area (Å²) in [5.41, 5.74) is 3.06. The molecule has 2 heteroatoms. The molecule has 0 spiro atoms. The van der Waals surface area contributed by atoms with Crippen LogP contribution in [-0.2, 0) is 6.42 Å². The number of carbonyl (C=O) groups excluding carboxylic acids is 1. The van der Waals surface area contributed by atoms with E-state index >= 15 is 0 Å². The molecule has 15 heavy (non-hydrogen) atoms. The normalized spacial score (nSPS) is 17.7. The summed E-state index contributed by atoms with van der Waals surface area (Å²) in [4.78, 5) is 14.2. The Kier molecular flexibility index (Phi) is 2.10. The largest absolute Gasteiger partial charge is 0.377 e. The van der Waals surface area contributed by atoms with Gasteiger partial charge in [0.05, 0.1) is 0 Å². The van der Waals surface area contributed by atoms with Gasteiger partial charge in [-0.15, -0.1) is 0 Å². The zero-order chi connectivity index (χ0) is 11.2. The molecule has 0 aliphatic heterocycles. The summed E-state index contributed by atoms with van der Waals surface area (Å²) in [7, 11) is 4.04. The molecule has 1 aromatic carbocycles. The number of Topliss-reactive ketones (excluding diaryl/α,β-unsaturated/α-hetero) is 1. The Bertz CT molecular complexity index is 419. The van der Waals surface area contributed by atoms with Gasteiger partial charge in [-0.1, -0.05) is 26.0 Å². The van der Waals surface area contributed by atoms with E-state index in [1.807, 2.05) is 40.1 Å². The fraction of sp³-hybridized carbons (Fsp3) is 0.462. The van der Waals surface area contributed by atoms with Crippen LogP contribution in [0, 0.1) is 5.41 Å². The fourth-order valence-electron chi connectivity index (χ4n) is 2.28. The number of ketones is 1. The summed E-state index contributed by atoms with van der Waals surface area (Å²) in [5.74, 6) is 0.279. The molecule has 2 rings (SSSR count). The number of rotatable bonds is 1.